The molecule has 1 saturated carbocycles. The van der Waals surface area contributed by atoms with Crippen LogP contribution in [0.2, 0.25) is 0 Å². The van der Waals surface area contributed by atoms with Crippen molar-refractivity contribution in [2.75, 3.05) is 12.9 Å². The number of methoxy groups -OCH3 is 1. The number of ether oxygens (including phenoxy) is 2. The Morgan fingerprint density at radius 3 is 2.53 bits per heavy atom. The molecule has 8 heteroatoms. The maximum Gasteiger partial charge on any atom is 0.221 e. The van der Waals surface area contributed by atoms with E-state index in [9.17, 15) is 13.2 Å². The highest BCUT2D eigenvalue weighted by molar-refractivity contribution is 7.92. The third kappa shape index (κ3) is 6.19. The first-order valence-electron chi connectivity index (χ1n) is 10.1. The van der Waals surface area contributed by atoms with E-state index in [1.54, 1.807) is 31.6 Å². The summed E-state index contributed by atoms with van der Waals surface area (Å²) in [7, 11) is -1.62. The lowest BCUT2D eigenvalue weighted by Crippen LogP contribution is -2.28. The minimum absolute atomic E-state index is 0.0108. The van der Waals surface area contributed by atoms with Gasteiger partial charge >= 0.3 is 0 Å². The van der Waals surface area contributed by atoms with Gasteiger partial charge in [-0.15, -0.1) is 0 Å². The zero-order chi connectivity index (χ0) is 21.4. The number of carbonyl (C=O) groups is 1. The Morgan fingerprint density at radius 2 is 1.83 bits per heavy atom. The number of nitrogens with zero attached hydrogens (tertiary/aromatic N) is 1. The number of rotatable bonds is 10. The Hall–Kier alpha value is -2.61. The second-order valence-electron chi connectivity index (χ2n) is 7.43. The summed E-state index contributed by atoms with van der Waals surface area (Å²) in [5, 5.41) is 2.51. The van der Waals surface area contributed by atoms with E-state index in [1.807, 2.05) is 18.2 Å². The van der Waals surface area contributed by atoms with E-state index < -0.39 is 9.84 Å². The van der Waals surface area contributed by atoms with Crippen LogP contribution < -0.4 is 14.8 Å². The zero-order valence-electron chi connectivity index (χ0n) is 17.2. The van der Waals surface area contributed by atoms with Crippen molar-refractivity contribution in [2.24, 2.45) is 0 Å². The molecule has 0 unspecified atom stereocenters. The molecule has 0 bridgehead atoms. The van der Waals surface area contributed by atoms with E-state index >= 15 is 0 Å². The topological polar surface area (TPSA) is 94.6 Å². The fraction of sp³-hybridized carbons (Fsp3) is 0.455. The van der Waals surface area contributed by atoms with Crippen LogP contribution in [0.1, 0.15) is 43.2 Å². The van der Waals surface area contributed by atoms with Gasteiger partial charge in [-0.05, 0) is 48.2 Å². The molecule has 0 radical (unpaired) electrons. The van der Waals surface area contributed by atoms with Gasteiger partial charge in [0.25, 0.3) is 0 Å². The summed E-state index contributed by atoms with van der Waals surface area (Å²) in [6, 6.07) is 9.20. The first-order chi connectivity index (χ1) is 14.5. The number of carbonyl (C=O) groups excluding carboxylic acids is 1. The predicted molar refractivity (Wildman–Crippen MR) is 114 cm³/mol. The van der Waals surface area contributed by atoms with Crippen molar-refractivity contribution in [3.8, 4) is 11.5 Å². The highest BCUT2D eigenvalue weighted by Gasteiger charge is 2.28. The quantitative estimate of drug-likeness (QED) is 0.620. The molecule has 0 saturated heterocycles. The highest BCUT2D eigenvalue weighted by atomic mass is 32.2. The number of nitrogens with one attached hydrogen (secondary N) is 1. The van der Waals surface area contributed by atoms with E-state index in [-0.39, 0.29) is 23.3 Å². The Bertz CT molecular complexity index is 941. The molecule has 162 valence electrons. The van der Waals surface area contributed by atoms with Crippen LogP contribution in [0.25, 0.3) is 0 Å². The minimum atomic E-state index is -3.18. The molecule has 1 heterocycles. The molecular formula is C22H28N2O5S. The molecule has 30 heavy (non-hydrogen) atoms. The van der Waals surface area contributed by atoms with Gasteiger partial charge in [-0.1, -0.05) is 18.9 Å². The summed E-state index contributed by atoms with van der Waals surface area (Å²) in [5.41, 5.74) is 1.84. The molecule has 0 aliphatic heterocycles. The smallest absolute Gasteiger partial charge is 0.221 e. The van der Waals surface area contributed by atoms with Crippen LogP contribution in [-0.4, -0.2) is 37.4 Å². The van der Waals surface area contributed by atoms with E-state index in [0.29, 0.717) is 24.7 Å². The lowest BCUT2D eigenvalue weighted by molar-refractivity contribution is -0.120. The number of amides is 1. The van der Waals surface area contributed by atoms with Crippen LogP contribution in [0.15, 0.2) is 42.7 Å². The Labute approximate surface area is 177 Å². The van der Waals surface area contributed by atoms with E-state index in [1.165, 1.54) is 0 Å². The number of pyridine rings is 1. The highest BCUT2D eigenvalue weighted by Crippen LogP contribution is 2.29. The monoisotopic (exact) mass is 432 g/mol. The Morgan fingerprint density at radius 1 is 1.10 bits per heavy atom. The van der Waals surface area contributed by atoms with Gasteiger partial charge in [0, 0.05) is 25.4 Å². The second-order valence-corrected chi connectivity index (χ2v) is 9.83. The summed E-state index contributed by atoms with van der Waals surface area (Å²) < 4.78 is 35.8. The number of benzene rings is 1. The third-order valence-electron chi connectivity index (χ3n) is 5.29. The van der Waals surface area contributed by atoms with Crippen molar-refractivity contribution >= 4 is 15.7 Å². The second kappa shape index (κ2) is 10.4. The standard InChI is InChI=1S/C22H28N2O5S/c1-28-21-14-18(6-7-20(21)29-16-17-8-11-23-12-9-17)15-24-22(25)10-13-30(26,27)19-4-2-3-5-19/h6-9,11-12,14,19H,2-5,10,13,15-16H2,1H3,(H,24,25). The van der Waals surface area contributed by atoms with Gasteiger partial charge in [0.15, 0.2) is 21.3 Å². The molecule has 2 aromatic rings. The van der Waals surface area contributed by atoms with Crippen molar-refractivity contribution in [3.63, 3.8) is 0 Å². The summed E-state index contributed by atoms with van der Waals surface area (Å²) in [4.78, 5) is 16.1. The van der Waals surface area contributed by atoms with Crippen molar-refractivity contribution in [2.45, 2.75) is 50.5 Å². The van der Waals surface area contributed by atoms with Gasteiger partial charge in [-0.25, -0.2) is 8.42 Å². The van der Waals surface area contributed by atoms with Crippen LogP contribution in [-0.2, 0) is 27.8 Å². The molecule has 1 aromatic carbocycles. The fourth-order valence-electron chi connectivity index (χ4n) is 3.52. The molecule has 1 aliphatic rings. The summed E-state index contributed by atoms with van der Waals surface area (Å²) in [6.07, 6.45) is 6.77. The van der Waals surface area contributed by atoms with Crippen LogP contribution >= 0.6 is 0 Å². The van der Waals surface area contributed by atoms with Gasteiger partial charge in [0.2, 0.25) is 5.91 Å². The summed E-state index contributed by atoms with van der Waals surface area (Å²) >= 11 is 0. The maximum atomic E-state index is 12.3. The number of hydrogen-bond donors (Lipinski definition) is 1. The lowest BCUT2D eigenvalue weighted by Gasteiger charge is -2.13. The molecule has 1 fully saturated rings. The van der Waals surface area contributed by atoms with Gasteiger partial charge < -0.3 is 14.8 Å². The van der Waals surface area contributed by atoms with Crippen molar-refractivity contribution in [1.29, 1.82) is 0 Å². The molecule has 1 amide bonds. The van der Waals surface area contributed by atoms with Crippen molar-refractivity contribution in [1.82, 2.24) is 10.3 Å². The molecule has 3 rings (SSSR count). The lowest BCUT2D eigenvalue weighted by atomic mass is 10.2. The molecular weight excluding hydrogens is 404 g/mol. The summed E-state index contributed by atoms with van der Waals surface area (Å²) in [6.45, 7) is 0.688. The predicted octanol–water partition coefficient (Wildman–Crippen LogP) is 3.03. The van der Waals surface area contributed by atoms with Crippen LogP contribution in [0.5, 0.6) is 11.5 Å². The molecule has 0 spiro atoms. The van der Waals surface area contributed by atoms with E-state index in [2.05, 4.69) is 10.3 Å². The molecule has 7 nitrogen and oxygen atoms in total. The largest absolute Gasteiger partial charge is 0.493 e. The number of hydrogen-bond acceptors (Lipinski definition) is 6. The normalized spacial score (nSPS) is 14.4. The Kier molecular flexibility index (Phi) is 7.68. The number of aromatic nitrogens is 1. The van der Waals surface area contributed by atoms with Gasteiger partial charge in [-0.3, -0.25) is 9.78 Å². The van der Waals surface area contributed by atoms with Crippen LogP contribution in [0, 0.1) is 0 Å². The Balaban J connectivity index is 1.49. The van der Waals surface area contributed by atoms with Gasteiger partial charge in [0.1, 0.15) is 6.61 Å². The average Bonchev–Trinajstić information content (AvgIpc) is 3.32. The van der Waals surface area contributed by atoms with Crippen LogP contribution in [0.3, 0.4) is 0 Å². The van der Waals surface area contributed by atoms with E-state index in [0.717, 1.165) is 36.8 Å². The first-order valence-corrected chi connectivity index (χ1v) is 11.9. The minimum Gasteiger partial charge on any atom is -0.493 e. The molecule has 1 N–H and O–H groups in total. The van der Waals surface area contributed by atoms with E-state index in [4.69, 9.17) is 9.47 Å². The average molecular weight is 433 g/mol. The summed E-state index contributed by atoms with van der Waals surface area (Å²) in [5.74, 6) is 0.814. The van der Waals surface area contributed by atoms with Crippen molar-refractivity contribution < 1.29 is 22.7 Å². The SMILES string of the molecule is COc1cc(CNC(=O)CCS(=O)(=O)C2CCCC2)ccc1OCc1ccncc1. The molecule has 0 atom stereocenters. The maximum absolute atomic E-state index is 12.3. The molecule has 1 aromatic heterocycles. The van der Waals surface area contributed by atoms with Gasteiger partial charge in [-0.2, -0.15) is 0 Å². The van der Waals surface area contributed by atoms with Gasteiger partial charge in [0.05, 0.1) is 18.1 Å². The number of sulfone groups is 1. The fourth-order valence-corrected chi connectivity index (χ4v) is 5.37. The van der Waals surface area contributed by atoms with Crippen LogP contribution in [0.4, 0.5) is 0 Å². The third-order valence-corrected chi connectivity index (χ3v) is 7.55. The van der Waals surface area contributed by atoms with Crippen molar-refractivity contribution in [3.05, 3.63) is 53.9 Å². The first kappa shape index (κ1) is 22.1. The zero-order valence-corrected chi connectivity index (χ0v) is 18.0. The molecule has 1 aliphatic carbocycles.